The number of anilines is 1. The molecule has 90 valence electrons. The zero-order valence-electron chi connectivity index (χ0n) is 10.0. The molecule has 4 nitrogen and oxygen atoms in total. The molecular weight excluding hydrogens is 224 g/mol. The summed E-state index contributed by atoms with van der Waals surface area (Å²) in [5, 5.41) is 4.00. The normalized spacial score (nSPS) is 10.2. The minimum absolute atomic E-state index is 0.277. The molecule has 0 bridgehead atoms. The van der Waals surface area contributed by atoms with Gasteiger partial charge < -0.3 is 10.1 Å². The third-order valence-corrected chi connectivity index (χ3v) is 3.16. The molecule has 1 heterocycles. The Hall–Kier alpha value is -1.10. The predicted octanol–water partition coefficient (Wildman–Crippen LogP) is 2.84. The molecular formula is C11H18N2O2S. The Morgan fingerprint density at radius 2 is 2.25 bits per heavy atom. The summed E-state index contributed by atoms with van der Waals surface area (Å²) in [6.45, 7) is 7.06. The second kappa shape index (κ2) is 6.48. The van der Waals surface area contributed by atoms with Crippen LogP contribution in [-0.2, 0) is 4.74 Å². The monoisotopic (exact) mass is 242 g/mol. The second-order valence-corrected chi connectivity index (χ2v) is 4.43. The van der Waals surface area contributed by atoms with Crippen molar-refractivity contribution in [2.75, 3.05) is 18.5 Å². The molecule has 0 atom stereocenters. The van der Waals surface area contributed by atoms with E-state index in [2.05, 4.69) is 17.2 Å². The van der Waals surface area contributed by atoms with E-state index in [9.17, 15) is 4.79 Å². The van der Waals surface area contributed by atoms with Gasteiger partial charge in [0.1, 0.15) is 4.88 Å². The number of carbonyl (C=O) groups is 1. The van der Waals surface area contributed by atoms with Crippen LogP contribution in [0, 0.1) is 6.92 Å². The maximum Gasteiger partial charge on any atom is 0.350 e. The van der Waals surface area contributed by atoms with Crippen LogP contribution >= 0.6 is 11.3 Å². The standard InChI is InChI=1S/C11H18N2O2S/c1-4-6-7-12-11-13-8(3)9(16-11)10(14)15-5-2/h4-7H2,1-3H3,(H,12,13). The topological polar surface area (TPSA) is 51.2 Å². The smallest absolute Gasteiger partial charge is 0.350 e. The number of ether oxygens (including phenoxy) is 1. The summed E-state index contributed by atoms with van der Waals surface area (Å²) in [4.78, 5) is 16.4. The number of hydrogen-bond donors (Lipinski definition) is 1. The Balaban J connectivity index is 2.62. The summed E-state index contributed by atoms with van der Waals surface area (Å²) in [6.07, 6.45) is 2.25. The molecule has 0 aliphatic rings. The van der Waals surface area contributed by atoms with Gasteiger partial charge in [0.2, 0.25) is 0 Å². The van der Waals surface area contributed by atoms with Crippen molar-refractivity contribution in [1.29, 1.82) is 0 Å². The SMILES string of the molecule is CCCCNc1nc(C)c(C(=O)OCC)s1. The zero-order chi connectivity index (χ0) is 12.0. The average molecular weight is 242 g/mol. The maximum absolute atomic E-state index is 11.5. The van der Waals surface area contributed by atoms with Crippen molar-refractivity contribution in [1.82, 2.24) is 4.98 Å². The van der Waals surface area contributed by atoms with Crippen molar-refractivity contribution in [2.45, 2.75) is 33.6 Å². The van der Waals surface area contributed by atoms with Crippen molar-refractivity contribution in [3.05, 3.63) is 10.6 Å². The van der Waals surface area contributed by atoms with Crippen molar-refractivity contribution in [3.8, 4) is 0 Å². The van der Waals surface area contributed by atoms with Crippen LogP contribution in [0.2, 0.25) is 0 Å². The van der Waals surface area contributed by atoms with Gasteiger partial charge in [0.15, 0.2) is 5.13 Å². The van der Waals surface area contributed by atoms with Crippen LogP contribution in [0.25, 0.3) is 0 Å². The van der Waals surface area contributed by atoms with Gasteiger partial charge in [-0.15, -0.1) is 0 Å². The van der Waals surface area contributed by atoms with Crippen molar-refractivity contribution < 1.29 is 9.53 Å². The van der Waals surface area contributed by atoms with Gasteiger partial charge in [-0.1, -0.05) is 24.7 Å². The van der Waals surface area contributed by atoms with E-state index in [1.165, 1.54) is 11.3 Å². The van der Waals surface area contributed by atoms with Gasteiger partial charge in [0, 0.05) is 6.54 Å². The minimum Gasteiger partial charge on any atom is -0.462 e. The highest BCUT2D eigenvalue weighted by molar-refractivity contribution is 7.17. The first kappa shape index (κ1) is 13.0. The third kappa shape index (κ3) is 3.48. The Labute approximate surface area is 100 Å². The van der Waals surface area contributed by atoms with E-state index in [0.717, 1.165) is 30.2 Å². The molecule has 1 aromatic rings. The lowest BCUT2D eigenvalue weighted by molar-refractivity contribution is 0.0531. The van der Waals surface area contributed by atoms with Crippen LogP contribution in [0.15, 0.2) is 0 Å². The Morgan fingerprint density at radius 3 is 2.88 bits per heavy atom. The first-order valence-corrected chi connectivity index (χ1v) is 6.39. The summed E-state index contributed by atoms with van der Waals surface area (Å²) < 4.78 is 4.95. The highest BCUT2D eigenvalue weighted by atomic mass is 32.1. The summed E-state index contributed by atoms with van der Waals surface area (Å²) in [6, 6.07) is 0. The lowest BCUT2D eigenvalue weighted by Crippen LogP contribution is -2.03. The van der Waals surface area contributed by atoms with Crippen molar-refractivity contribution in [2.24, 2.45) is 0 Å². The second-order valence-electron chi connectivity index (χ2n) is 3.43. The van der Waals surface area contributed by atoms with Crippen LogP contribution in [0.1, 0.15) is 42.1 Å². The summed E-state index contributed by atoms with van der Waals surface area (Å²) >= 11 is 1.36. The zero-order valence-corrected chi connectivity index (χ0v) is 10.8. The van der Waals surface area contributed by atoms with Crippen LogP contribution in [0.3, 0.4) is 0 Å². The number of esters is 1. The van der Waals surface area contributed by atoms with Gasteiger partial charge in [-0.2, -0.15) is 0 Å². The minimum atomic E-state index is -0.277. The summed E-state index contributed by atoms with van der Waals surface area (Å²) in [5.41, 5.74) is 0.738. The Morgan fingerprint density at radius 1 is 1.50 bits per heavy atom. The molecule has 5 heteroatoms. The van der Waals surface area contributed by atoms with Crippen LogP contribution in [-0.4, -0.2) is 24.1 Å². The fourth-order valence-electron chi connectivity index (χ4n) is 1.23. The molecule has 0 amide bonds. The first-order chi connectivity index (χ1) is 7.69. The Kier molecular flexibility index (Phi) is 5.25. The van der Waals surface area contributed by atoms with E-state index in [1.807, 2.05) is 6.92 Å². The lowest BCUT2D eigenvalue weighted by Gasteiger charge is -1.99. The van der Waals surface area contributed by atoms with E-state index >= 15 is 0 Å². The molecule has 16 heavy (non-hydrogen) atoms. The highest BCUT2D eigenvalue weighted by Gasteiger charge is 2.15. The van der Waals surface area contributed by atoms with E-state index in [0.29, 0.717) is 11.5 Å². The Bertz CT molecular complexity index is 350. The summed E-state index contributed by atoms with van der Waals surface area (Å²) in [7, 11) is 0. The third-order valence-electron chi connectivity index (χ3n) is 2.06. The molecule has 0 aliphatic heterocycles. The van der Waals surface area contributed by atoms with Crippen molar-refractivity contribution >= 4 is 22.4 Å². The maximum atomic E-state index is 11.5. The molecule has 0 spiro atoms. The largest absolute Gasteiger partial charge is 0.462 e. The van der Waals surface area contributed by atoms with E-state index < -0.39 is 0 Å². The van der Waals surface area contributed by atoms with Gasteiger partial charge in [0.05, 0.1) is 12.3 Å². The van der Waals surface area contributed by atoms with Crippen molar-refractivity contribution in [3.63, 3.8) is 0 Å². The number of nitrogens with one attached hydrogen (secondary N) is 1. The number of aromatic nitrogens is 1. The van der Waals surface area contributed by atoms with Crippen LogP contribution in [0.4, 0.5) is 5.13 Å². The van der Waals surface area contributed by atoms with E-state index in [4.69, 9.17) is 4.74 Å². The van der Waals surface area contributed by atoms with Gasteiger partial charge in [0.25, 0.3) is 0 Å². The molecule has 1 aromatic heterocycles. The van der Waals surface area contributed by atoms with Crippen LogP contribution < -0.4 is 5.32 Å². The number of carbonyl (C=O) groups excluding carboxylic acids is 1. The van der Waals surface area contributed by atoms with Gasteiger partial charge in [-0.3, -0.25) is 0 Å². The molecule has 0 saturated carbocycles. The number of nitrogens with zero attached hydrogens (tertiary/aromatic N) is 1. The molecule has 0 radical (unpaired) electrons. The highest BCUT2D eigenvalue weighted by Crippen LogP contribution is 2.23. The molecule has 1 rings (SSSR count). The lowest BCUT2D eigenvalue weighted by atomic mass is 10.3. The van der Waals surface area contributed by atoms with Crippen LogP contribution in [0.5, 0.6) is 0 Å². The number of unbranched alkanes of at least 4 members (excludes halogenated alkanes) is 1. The predicted molar refractivity (Wildman–Crippen MR) is 66.2 cm³/mol. The van der Waals surface area contributed by atoms with Gasteiger partial charge in [-0.25, -0.2) is 9.78 Å². The molecule has 1 N–H and O–H groups in total. The fourth-order valence-corrected chi connectivity index (χ4v) is 2.12. The number of aryl methyl sites for hydroxylation is 1. The molecule has 0 aliphatic carbocycles. The molecule has 0 aromatic carbocycles. The molecule has 0 fully saturated rings. The van der Waals surface area contributed by atoms with Gasteiger partial charge >= 0.3 is 5.97 Å². The first-order valence-electron chi connectivity index (χ1n) is 5.57. The number of thiazole rings is 1. The summed E-state index contributed by atoms with van der Waals surface area (Å²) in [5.74, 6) is -0.277. The van der Waals surface area contributed by atoms with Gasteiger partial charge in [-0.05, 0) is 20.3 Å². The number of rotatable bonds is 6. The molecule has 0 unspecified atom stereocenters. The average Bonchev–Trinajstić information content (AvgIpc) is 2.61. The molecule has 0 saturated heterocycles. The van der Waals surface area contributed by atoms with E-state index in [-0.39, 0.29) is 5.97 Å². The quantitative estimate of drug-likeness (QED) is 0.615. The fraction of sp³-hybridized carbons (Fsp3) is 0.636. The number of hydrogen-bond acceptors (Lipinski definition) is 5. The van der Waals surface area contributed by atoms with E-state index in [1.54, 1.807) is 6.92 Å².